The van der Waals surface area contributed by atoms with Crippen LogP contribution in [0.2, 0.25) is 0 Å². The molecule has 2 aromatic heterocycles. The summed E-state index contributed by atoms with van der Waals surface area (Å²) in [5.74, 6) is 2.54. The Morgan fingerprint density at radius 3 is 2.57 bits per heavy atom. The molecule has 0 saturated heterocycles. The molecule has 1 amide bonds. The van der Waals surface area contributed by atoms with Crippen LogP contribution >= 0.6 is 11.3 Å². The van der Waals surface area contributed by atoms with Crippen LogP contribution in [-0.2, 0) is 16.8 Å². The standard InChI is InChI=1S/C23H25N3O3S/c1-28-12-17-16-4-2-3-5-18(16)29-19(17)20(27)24-22-26-25-21(30-22)23-9-13-6-14(10-23)8-15(7-13)11-23/h2-5,13-15H,6-12H2,1H3,(H,24,26,27). The third-order valence-corrected chi connectivity index (χ3v) is 8.42. The maximum atomic E-state index is 13.0. The number of carbonyl (C=O) groups is 1. The lowest BCUT2D eigenvalue weighted by Crippen LogP contribution is -2.48. The lowest BCUT2D eigenvalue weighted by molar-refractivity contribution is -0.00555. The van der Waals surface area contributed by atoms with Gasteiger partial charge >= 0.3 is 0 Å². The average Bonchev–Trinajstić information content (AvgIpc) is 3.33. The molecule has 6 nitrogen and oxygen atoms in total. The smallest absolute Gasteiger partial charge is 0.293 e. The molecular formula is C23H25N3O3S. The number of hydrogen-bond donors (Lipinski definition) is 1. The Labute approximate surface area is 179 Å². The number of aromatic nitrogens is 2. The molecule has 4 aliphatic carbocycles. The van der Waals surface area contributed by atoms with Crippen molar-refractivity contribution in [2.45, 2.75) is 50.5 Å². The van der Waals surface area contributed by atoms with E-state index in [1.807, 2.05) is 24.3 Å². The van der Waals surface area contributed by atoms with Gasteiger partial charge in [0.1, 0.15) is 10.6 Å². The number of rotatable bonds is 5. The second-order valence-corrected chi connectivity index (χ2v) is 10.4. The molecule has 1 aromatic carbocycles. The van der Waals surface area contributed by atoms with Gasteiger partial charge in [0.05, 0.1) is 6.61 Å². The molecule has 4 bridgehead atoms. The number of carbonyl (C=O) groups excluding carboxylic acids is 1. The minimum atomic E-state index is -0.300. The van der Waals surface area contributed by atoms with E-state index >= 15 is 0 Å². The van der Waals surface area contributed by atoms with Crippen LogP contribution in [-0.4, -0.2) is 23.2 Å². The summed E-state index contributed by atoms with van der Waals surface area (Å²) in [6.07, 6.45) is 7.91. The van der Waals surface area contributed by atoms with Crippen molar-refractivity contribution in [2.24, 2.45) is 17.8 Å². The Bertz CT molecular complexity index is 1080. The van der Waals surface area contributed by atoms with E-state index in [4.69, 9.17) is 9.15 Å². The molecule has 0 unspecified atom stereocenters. The van der Waals surface area contributed by atoms with Crippen LogP contribution in [0.3, 0.4) is 0 Å². The maximum absolute atomic E-state index is 13.0. The molecule has 1 N–H and O–H groups in total. The fourth-order valence-corrected chi connectivity index (χ4v) is 7.54. The highest BCUT2D eigenvalue weighted by Gasteiger charge is 2.53. The molecule has 156 valence electrons. The first-order chi connectivity index (χ1) is 14.6. The Kier molecular flexibility index (Phi) is 4.25. The molecule has 2 heterocycles. The Hall–Kier alpha value is -2.25. The Balaban J connectivity index is 1.27. The van der Waals surface area contributed by atoms with E-state index in [-0.39, 0.29) is 17.1 Å². The van der Waals surface area contributed by atoms with Crippen molar-refractivity contribution >= 4 is 33.3 Å². The minimum absolute atomic E-state index is 0.190. The highest BCUT2D eigenvalue weighted by Crippen LogP contribution is 2.61. The van der Waals surface area contributed by atoms with Crippen LogP contribution in [0.4, 0.5) is 5.13 Å². The average molecular weight is 424 g/mol. The molecule has 4 aliphatic rings. The highest BCUT2D eigenvalue weighted by atomic mass is 32.1. The zero-order chi connectivity index (χ0) is 20.3. The number of hydrogen-bond acceptors (Lipinski definition) is 6. The van der Waals surface area contributed by atoms with Gasteiger partial charge in [0, 0.05) is 23.5 Å². The number of benzene rings is 1. The fourth-order valence-electron chi connectivity index (χ4n) is 6.58. The monoisotopic (exact) mass is 423 g/mol. The molecule has 4 fully saturated rings. The van der Waals surface area contributed by atoms with Gasteiger partial charge in [-0.3, -0.25) is 10.1 Å². The summed E-state index contributed by atoms with van der Waals surface area (Å²) in [5.41, 5.74) is 1.63. The first kappa shape index (κ1) is 18.5. The number of ether oxygens (including phenoxy) is 1. The normalized spacial score (nSPS) is 29.6. The summed E-state index contributed by atoms with van der Waals surface area (Å²) >= 11 is 1.54. The van der Waals surface area contributed by atoms with Gasteiger partial charge in [-0.15, -0.1) is 10.2 Å². The van der Waals surface area contributed by atoms with Gasteiger partial charge < -0.3 is 9.15 Å². The van der Waals surface area contributed by atoms with E-state index in [1.54, 1.807) is 18.4 Å². The number of methoxy groups -OCH3 is 1. The Morgan fingerprint density at radius 2 is 1.87 bits per heavy atom. The number of nitrogens with zero attached hydrogens (tertiary/aromatic N) is 2. The van der Waals surface area contributed by atoms with Crippen LogP contribution in [0.5, 0.6) is 0 Å². The van der Waals surface area contributed by atoms with Crippen molar-refractivity contribution < 1.29 is 13.9 Å². The molecule has 4 saturated carbocycles. The van der Waals surface area contributed by atoms with Crippen LogP contribution in [0.1, 0.15) is 59.7 Å². The van der Waals surface area contributed by atoms with Gasteiger partial charge in [-0.1, -0.05) is 29.5 Å². The van der Waals surface area contributed by atoms with E-state index in [0.29, 0.717) is 17.3 Å². The topological polar surface area (TPSA) is 77.2 Å². The summed E-state index contributed by atoms with van der Waals surface area (Å²) in [7, 11) is 1.62. The van der Waals surface area contributed by atoms with E-state index < -0.39 is 0 Å². The van der Waals surface area contributed by atoms with Crippen LogP contribution < -0.4 is 5.32 Å². The number of nitrogens with one attached hydrogen (secondary N) is 1. The summed E-state index contributed by atoms with van der Waals surface area (Å²) in [6, 6.07) is 7.63. The largest absolute Gasteiger partial charge is 0.451 e. The number of anilines is 1. The second-order valence-electron chi connectivity index (χ2n) is 9.40. The molecule has 7 rings (SSSR count). The van der Waals surface area contributed by atoms with Crippen molar-refractivity contribution in [3.8, 4) is 0 Å². The lowest BCUT2D eigenvalue weighted by Gasteiger charge is -2.55. The maximum Gasteiger partial charge on any atom is 0.293 e. The number of fused-ring (bicyclic) bond motifs is 1. The first-order valence-corrected chi connectivity index (χ1v) is 11.6. The SMILES string of the molecule is COCc1c(C(=O)Nc2nnc(C34CC5CC(CC(C5)C3)C4)s2)oc2ccccc12. The summed E-state index contributed by atoms with van der Waals surface area (Å²) in [5, 5.41) is 14.4. The molecule has 30 heavy (non-hydrogen) atoms. The van der Waals surface area contributed by atoms with Gasteiger partial charge in [0.25, 0.3) is 5.91 Å². The zero-order valence-electron chi connectivity index (χ0n) is 17.0. The Morgan fingerprint density at radius 1 is 1.17 bits per heavy atom. The summed E-state index contributed by atoms with van der Waals surface area (Å²) < 4.78 is 11.2. The van der Waals surface area contributed by atoms with E-state index in [9.17, 15) is 4.79 Å². The lowest BCUT2D eigenvalue weighted by atomic mass is 9.50. The van der Waals surface area contributed by atoms with Gasteiger partial charge in [-0.2, -0.15) is 0 Å². The van der Waals surface area contributed by atoms with Crippen molar-refractivity contribution in [2.75, 3.05) is 12.4 Å². The van der Waals surface area contributed by atoms with Crippen molar-refractivity contribution in [1.82, 2.24) is 10.2 Å². The van der Waals surface area contributed by atoms with Crippen LogP contribution in [0.25, 0.3) is 11.0 Å². The molecule has 3 aromatic rings. The quantitative estimate of drug-likeness (QED) is 0.614. The molecule has 0 aliphatic heterocycles. The summed E-state index contributed by atoms with van der Waals surface area (Å²) in [6.45, 7) is 0.314. The molecule has 0 atom stereocenters. The first-order valence-electron chi connectivity index (χ1n) is 10.8. The molecule has 7 heteroatoms. The second kappa shape index (κ2) is 6.89. The van der Waals surface area contributed by atoms with Crippen molar-refractivity contribution in [3.63, 3.8) is 0 Å². The minimum Gasteiger partial charge on any atom is -0.451 e. The molecule has 0 spiro atoms. The van der Waals surface area contributed by atoms with E-state index in [1.165, 1.54) is 38.5 Å². The zero-order valence-corrected chi connectivity index (χ0v) is 17.8. The highest BCUT2D eigenvalue weighted by molar-refractivity contribution is 7.15. The molecule has 0 radical (unpaired) electrons. The van der Waals surface area contributed by atoms with Gasteiger partial charge in [0.2, 0.25) is 5.13 Å². The van der Waals surface area contributed by atoms with Gasteiger partial charge in [-0.05, 0) is 62.3 Å². The fraction of sp³-hybridized carbons (Fsp3) is 0.522. The number of para-hydroxylation sites is 1. The van der Waals surface area contributed by atoms with Gasteiger partial charge in [-0.25, -0.2) is 0 Å². The predicted molar refractivity (Wildman–Crippen MR) is 115 cm³/mol. The van der Waals surface area contributed by atoms with Crippen molar-refractivity contribution in [3.05, 3.63) is 40.6 Å². The van der Waals surface area contributed by atoms with E-state index in [2.05, 4.69) is 15.5 Å². The summed E-state index contributed by atoms with van der Waals surface area (Å²) in [4.78, 5) is 13.0. The molecular weight excluding hydrogens is 398 g/mol. The van der Waals surface area contributed by atoms with Crippen molar-refractivity contribution in [1.29, 1.82) is 0 Å². The van der Waals surface area contributed by atoms with Crippen LogP contribution in [0.15, 0.2) is 28.7 Å². The third kappa shape index (κ3) is 2.90. The number of furan rings is 1. The number of amides is 1. The van der Waals surface area contributed by atoms with Gasteiger partial charge in [0.15, 0.2) is 5.76 Å². The predicted octanol–water partition coefficient (Wildman–Crippen LogP) is 5.15. The van der Waals surface area contributed by atoms with Crippen LogP contribution in [0, 0.1) is 17.8 Å². The third-order valence-electron chi connectivity index (χ3n) is 7.33. The van der Waals surface area contributed by atoms with E-state index in [0.717, 1.165) is 33.7 Å².